The number of hydrogen-bond donors (Lipinski definition) is 1. The number of morpholine rings is 1. The molecular formula is C31H41BrN6O7. The highest BCUT2D eigenvalue weighted by Gasteiger charge is 2.41. The SMILES string of the molecule is COC(=O)[C@@H]1CCCN1CC1COC(c2nc(Br)c3c(NCc4ccc(OC)cc4OC)nccn23)CN1C(=O)OC(C)(C)C. The quantitative estimate of drug-likeness (QED) is 0.321. The highest BCUT2D eigenvalue weighted by Crippen LogP contribution is 2.33. The van der Waals surface area contributed by atoms with Crippen molar-refractivity contribution in [3.8, 4) is 11.5 Å². The maximum atomic E-state index is 13.5. The number of rotatable bonds is 9. The van der Waals surface area contributed by atoms with Crippen LogP contribution in [0.3, 0.4) is 0 Å². The Morgan fingerprint density at radius 2 is 1.98 bits per heavy atom. The summed E-state index contributed by atoms with van der Waals surface area (Å²) in [6.07, 6.45) is 4.13. The van der Waals surface area contributed by atoms with Crippen molar-refractivity contribution < 1.29 is 33.3 Å². The molecular weight excluding hydrogens is 648 g/mol. The van der Waals surface area contributed by atoms with Gasteiger partial charge in [0.1, 0.15) is 45.2 Å². The number of hydrogen-bond acceptors (Lipinski definition) is 11. The van der Waals surface area contributed by atoms with E-state index in [0.717, 1.165) is 30.5 Å². The second kappa shape index (κ2) is 13.8. The largest absolute Gasteiger partial charge is 0.497 e. The maximum Gasteiger partial charge on any atom is 0.410 e. The molecule has 1 aromatic carbocycles. The van der Waals surface area contributed by atoms with Crippen molar-refractivity contribution in [2.45, 2.75) is 63.9 Å². The minimum atomic E-state index is -0.681. The summed E-state index contributed by atoms with van der Waals surface area (Å²) in [5.74, 6) is 2.37. The van der Waals surface area contributed by atoms with Crippen LogP contribution in [0.1, 0.15) is 51.1 Å². The number of esters is 1. The Hall–Kier alpha value is -3.62. The van der Waals surface area contributed by atoms with E-state index in [2.05, 4.69) is 31.1 Å². The molecule has 0 aliphatic carbocycles. The fraction of sp³-hybridized carbons (Fsp3) is 0.548. The lowest BCUT2D eigenvalue weighted by Crippen LogP contribution is -2.56. The maximum absolute atomic E-state index is 13.5. The van der Waals surface area contributed by atoms with E-state index in [-0.39, 0.29) is 31.2 Å². The number of imidazole rings is 1. The number of methoxy groups -OCH3 is 3. The van der Waals surface area contributed by atoms with Crippen LogP contribution in [0.2, 0.25) is 0 Å². The van der Waals surface area contributed by atoms with Gasteiger partial charge in [-0.15, -0.1) is 0 Å². The Kier molecular flexibility index (Phi) is 10.0. The van der Waals surface area contributed by atoms with E-state index in [9.17, 15) is 9.59 Å². The molecule has 2 aliphatic heterocycles. The van der Waals surface area contributed by atoms with E-state index >= 15 is 0 Å². The van der Waals surface area contributed by atoms with Gasteiger partial charge < -0.3 is 29.0 Å². The Labute approximate surface area is 271 Å². The lowest BCUT2D eigenvalue weighted by molar-refractivity contribution is -0.146. The summed E-state index contributed by atoms with van der Waals surface area (Å²) >= 11 is 3.63. The Morgan fingerprint density at radius 1 is 1.18 bits per heavy atom. The molecule has 2 fully saturated rings. The van der Waals surface area contributed by atoms with E-state index in [1.54, 1.807) is 25.3 Å². The van der Waals surface area contributed by atoms with Gasteiger partial charge in [-0.1, -0.05) is 0 Å². The number of anilines is 1. The summed E-state index contributed by atoms with van der Waals surface area (Å²) in [7, 11) is 4.64. The molecule has 4 heterocycles. The number of nitrogens with zero attached hydrogens (tertiary/aromatic N) is 5. The molecule has 1 N–H and O–H groups in total. The van der Waals surface area contributed by atoms with Gasteiger partial charge in [-0.05, 0) is 68.2 Å². The van der Waals surface area contributed by atoms with Crippen molar-refractivity contribution >= 4 is 39.3 Å². The van der Waals surface area contributed by atoms with E-state index in [4.69, 9.17) is 28.7 Å². The molecule has 2 aromatic heterocycles. The lowest BCUT2D eigenvalue weighted by Gasteiger charge is -2.41. The topological polar surface area (TPSA) is 129 Å². The molecule has 244 valence electrons. The molecule has 2 saturated heterocycles. The number of halogens is 1. The zero-order valence-corrected chi connectivity index (χ0v) is 28.1. The predicted molar refractivity (Wildman–Crippen MR) is 170 cm³/mol. The van der Waals surface area contributed by atoms with Gasteiger partial charge >= 0.3 is 12.1 Å². The number of ether oxygens (including phenoxy) is 5. The number of nitrogens with one attached hydrogen (secondary N) is 1. The molecule has 13 nitrogen and oxygen atoms in total. The van der Waals surface area contributed by atoms with E-state index in [1.165, 1.54) is 7.11 Å². The number of carbonyl (C=O) groups is 2. The van der Waals surface area contributed by atoms with Crippen molar-refractivity contribution in [2.24, 2.45) is 0 Å². The van der Waals surface area contributed by atoms with Crippen molar-refractivity contribution in [1.29, 1.82) is 0 Å². The van der Waals surface area contributed by atoms with Gasteiger partial charge in [0, 0.05) is 37.1 Å². The van der Waals surface area contributed by atoms with Gasteiger partial charge in [-0.3, -0.25) is 19.0 Å². The third kappa shape index (κ3) is 7.28. The molecule has 45 heavy (non-hydrogen) atoms. The molecule has 0 spiro atoms. The zero-order chi connectivity index (χ0) is 32.3. The van der Waals surface area contributed by atoms with Crippen LogP contribution in [0.25, 0.3) is 5.52 Å². The summed E-state index contributed by atoms with van der Waals surface area (Å²) in [6, 6.07) is 4.99. The third-order valence-electron chi connectivity index (χ3n) is 7.97. The van der Waals surface area contributed by atoms with Crippen LogP contribution in [0.5, 0.6) is 11.5 Å². The molecule has 3 aromatic rings. The highest BCUT2D eigenvalue weighted by atomic mass is 79.9. The second-order valence-corrected chi connectivity index (χ2v) is 12.8. The first kappa shape index (κ1) is 32.8. The monoisotopic (exact) mass is 688 g/mol. The highest BCUT2D eigenvalue weighted by molar-refractivity contribution is 9.10. The first-order valence-corrected chi connectivity index (χ1v) is 15.7. The van der Waals surface area contributed by atoms with Crippen LogP contribution in [0.15, 0.2) is 35.2 Å². The van der Waals surface area contributed by atoms with Gasteiger partial charge in [0.25, 0.3) is 0 Å². The van der Waals surface area contributed by atoms with Crippen LogP contribution in [-0.2, 0) is 25.5 Å². The molecule has 2 unspecified atom stereocenters. The van der Waals surface area contributed by atoms with Gasteiger partial charge in [0.05, 0.1) is 40.5 Å². The summed E-state index contributed by atoms with van der Waals surface area (Å²) in [5.41, 5.74) is 0.979. The van der Waals surface area contributed by atoms with Gasteiger partial charge in [-0.2, -0.15) is 0 Å². The van der Waals surface area contributed by atoms with Gasteiger partial charge in [-0.25, -0.2) is 14.8 Å². The average Bonchev–Trinajstić information content (AvgIpc) is 3.63. The molecule has 3 atom stereocenters. The van der Waals surface area contributed by atoms with Crippen LogP contribution >= 0.6 is 15.9 Å². The standard InChI is InChI=1S/C31H41BrN6O7/c1-31(2,3)45-30(40)38-17-24(44-18-20(38)16-36-12-7-8-22(36)29(39)43-6)28-35-26(32)25-27(33-11-13-37(25)28)34-15-19-9-10-21(41-4)14-23(19)42-5/h9-11,13-14,20,22,24H,7-8,12,15-18H2,1-6H3,(H,33,34)/t20?,22-,24?/m0/s1. The number of likely N-dealkylation sites (tertiary alicyclic amines) is 1. The van der Waals surface area contributed by atoms with Crippen LogP contribution in [0.4, 0.5) is 10.6 Å². The minimum absolute atomic E-state index is 0.218. The fourth-order valence-corrected chi connectivity index (χ4v) is 6.38. The normalized spacial score (nSPS) is 20.7. The first-order chi connectivity index (χ1) is 21.5. The smallest absolute Gasteiger partial charge is 0.410 e. The molecule has 0 saturated carbocycles. The molecule has 5 rings (SSSR count). The summed E-state index contributed by atoms with van der Waals surface area (Å²) in [4.78, 5) is 39.1. The third-order valence-corrected chi connectivity index (χ3v) is 8.52. The average molecular weight is 690 g/mol. The van der Waals surface area contributed by atoms with Gasteiger partial charge in [0.2, 0.25) is 0 Å². The van der Waals surface area contributed by atoms with Crippen molar-refractivity contribution in [3.63, 3.8) is 0 Å². The molecule has 0 radical (unpaired) electrons. The van der Waals surface area contributed by atoms with Crippen LogP contribution in [0, 0.1) is 0 Å². The number of aromatic nitrogens is 3. The molecule has 0 bridgehead atoms. The summed E-state index contributed by atoms with van der Waals surface area (Å²) in [5, 5.41) is 3.40. The van der Waals surface area contributed by atoms with Crippen molar-refractivity contribution in [1.82, 2.24) is 24.2 Å². The van der Waals surface area contributed by atoms with E-state index < -0.39 is 17.8 Å². The Bertz CT molecular complexity index is 1530. The predicted octanol–water partition coefficient (Wildman–Crippen LogP) is 4.44. The van der Waals surface area contributed by atoms with E-state index in [1.807, 2.05) is 49.6 Å². The van der Waals surface area contributed by atoms with Crippen molar-refractivity contribution in [3.05, 3.63) is 46.6 Å². The fourth-order valence-electron chi connectivity index (χ4n) is 5.82. The van der Waals surface area contributed by atoms with Crippen LogP contribution < -0.4 is 14.8 Å². The van der Waals surface area contributed by atoms with Crippen LogP contribution in [-0.4, -0.2) is 101 Å². The molecule has 1 amide bonds. The number of fused-ring (bicyclic) bond motifs is 1. The summed E-state index contributed by atoms with van der Waals surface area (Å²) in [6.45, 7) is 7.64. The lowest BCUT2D eigenvalue weighted by atomic mass is 10.1. The van der Waals surface area contributed by atoms with E-state index in [0.29, 0.717) is 40.8 Å². The van der Waals surface area contributed by atoms with Crippen molar-refractivity contribution in [2.75, 3.05) is 52.9 Å². The molecule has 14 heteroatoms. The van der Waals surface area contributed by atoms with Gasteiger partial charge in [0.15, 0.2) is 5.82 Å². The Morgan fingerprint density at radius 3 is 2.69 bits per heavy atom. The minimum Gasteiger partial charge on any atom is -0.497 e. The summed E-state index contributed by atoms with van der Waals surface area (Å²) < 4.78 is 30.6. The Balaban J connectivity index is 1.39. The first-order valence-electron chi connectivity index (χ1n) is 14.9. The molecule has 2 aliphatic rings. The zero-order valence-electron chi connectivity index (χ0n) is 26.5. The number of amides is 1. The number of benzene rings is 1. The number of carbonyl (C=O) groups excluding carboxylic acids is 2. The second-order valence-electron chi connectivity index (χ2n) is 12.1.